The molecule has 2 aromatic carbocycles. The van der Waals surface area contributed by atoms with Crippen LogP contribution in [0.4, 0.5) is 0 Å². The number of benzene rings is 2. The van der Waals surface area contributed by atoms with Crippen molar-refractivity contribution in [3.63, 3.8) is 0 Å². The molecule has 0 aliphatic rings. The monoisotopic (exact) mass is 277 g/mol. The Hall–Kier alpha value is -2.15. The van der Waals surface area contributed by atoms with E-state index in [0.717, 1.165) is 23.1 Å². The minimum Gasteiger partial charge on any atom is -0.300 e. The van der Waals surface area contributed by atoms with Crippen LogP contribution in [0.2, 0.25) is 0 Å². The van der Waals surface area contributed by atoms with Crippen molar-refractivity contribution in [2.24, 2.45) is 0 Å². The van der Waals surface area contributed by atoms with Gasteiger partial charge in [0.25, 0.3) is 0 Å². The van der Waals surface area contributed by atoms with Gasteiger partial charge in [0.05, 0.1) is 5.71 Å². The summed E-state index contributed by atoms with van der Waals surface area (Å²) in [5, 5.41) is 8.65. The van der Waals surface area contributed by atoms with Gasteiger partial charge in [0, 0.05) is 11.1 Å². The highest BCUT2D eigenvalue weighted by molar-refractivity contribution is 6.13. The fraction of sp³-hybridized carbons (Fsp3) is 0.250. The molecule has 0 saturated carbocycles. The van der Waals surface area contributed by atoms with Crippen molar-refractivity contribution in [3.05, 3.63) is 76.9 Å². The second kappa shape index (κ2) is 7.03. The van der Waals surface area contributed by atoms with Crippen LogP contribution in [-0.2, 0) is 0 Å². The van der Waals surface area contributed by atoms with Crippen LogP contribution in [0.25, 0.3) is 6.08 Å². The molecule has 0 aromatic heterocycles. The normalized spacial score (nSPS) is 11.2. The maximum absolute atomic E-state index is 8.65. The summed E-state index contributed by atoms with van der Waals surface area (Å²) < 4.78 is 0. The van der Waals surface area contributed by atoms with Crippen LogP contribution in [-0.4, -0.2) is 5.71 Å². The molecule has 0 amide bonds. The van der Waals surface area contributed by atoms with Gasteiger partial charge in [0.1, 0.15) is 0 Å². The Bertz CT molecular complexity index is 650. The molecule has 1 nitrogen and oxygen atoms in total. The molecule has 0 fully saturated rings. The zero-order valence-corrected chi connectivity index (χ0v) is 13.1. The quantitative estimate of drug-likeness (QED) is 0.683. The average Bonchev–Trinajstić information content (AvgIpc) is 2.52. The Morgan fingerprint density at radius 1 is 1.00 bits per heavy atom. The molecule has 0 unspecified atom stereocenters. The summed E-state index contributed by atoms with van der Waals surface area (Å²) >= 11 is 0. The van der Waals surface area contributed by atoms with E-state index in [9.17, 15) is 0 Å². The highest BCUT2D eigenvalue weighted by atomic mass is 14.4. The summed E-state index contributed by atoms with van der Waals surface area (Å²) in [4.78, 5) is 0. The molecular weight excluding hydrogens is 254 g/mol. The van der Waals surface area contributed by atoms with Gasteiger partial charge in [-0.15, -0.1) is 0 Å². The molecule has 21 heavy (non-hydrogen) atoms. The van der Waals surface area contributed by atoms with Crippen LogP contribution < -0.4 is 0 Å². The topological polar surface area (TPSA) is 23.9 Å². The maximum Gasteiger partial charge on any atom is 0.0693 e. The van der Waals surface area contributed by atoms with E-state index in [1.807, 2.05) is 24.3 Å². The van der Waals surface area contributed by atoms with Gasteiger partial charge in [0.15, 0.2) is 0 Å². The van der Waals surface area contributed by atoms with E-state index in [1.54, 1.807) is 0 Å². The summed E-state index contributed by atoms with van der Waals surface area (Å²) in [6.07, 6.45) is 5.26. The molecule has 0 atom stereocenters. The van der Waals surface area contributed by atoms with Crippen LogP contribution in [0.15, 0.2) is 54.6 Å². The molecule has 0 spiro atoms. The summed E-state index contributed by atoms with van der Waals surface area (Å²) in [5.74, 6) is 0.417. The zero-order chi connectivity index (χ0) is 15.2. The van der Waals surface area contributed by atoms with Crippen LogP contribution in [0.5, 0.6) is 0 Å². The van der Waals surface area contributed by atoms with E-state index < -0.39 is 0 Å². The van der Waals surface area contributed by atoms with E-state index in [1.165, 1.54) is 5.56 Å². The third-order valence-corrected chi connectivity index (χ3v) is 3.62. The molecule has 0 saturated heterocycles. The van der Waals surface area contributed by atoms with Crippen LogP contribution in [0.3, 0.4) is 0 Å². The van der Waals surface area contributed by atoms with Gasteiger partial charge in [-0.3, -0.25) is 5.41 Å². The molecule has 0 heterocycles. The lowest BCUT2D eigenvalue weighted by molar-refractivity contribution is 0.864. The first-order valence-corrected chi connectivity index (χ1v) is 7.59. The number of allylic oxidation sites excluding steroid dienone is 1. The van der Waals surface area contributed by atoms with Gasteiger partial charge in [-0.1, -0.05) is 81.5 Å². The van der Waals surface area contributed by atoms with Gasteiger partial charge in [-0.2, -0.15) is 0 Å². The summed E-state index contributed by atoms with van der Waals surface area (Å²) in [6.45, 7) is 6.47. The number of hydrogen-bond donors (Lipinski definition) is 1. The predicted octanol–water partition coefficient (Wildman–Crippen LogP) is 5.65. The first-order chi connectivity index (χ1) is 10.1. The van der Waals surface area contributed by atoms with Crippen molar-refractivity contribution in [1.82, 2.24) is 0 Å². The molecule has 2 rings (SSSR count). The maximum atomic E-state index is 8.65. The molecule has 0 aliphatic heterocycles. The largest absolute Gasteiger partial charge is 0.300 e. The van der Waals surface area contributed by atoms with Gasteiger partial charge in [0.2, 0.25) is 0 Å². The summed E-state index contributed by atoms with van der Waals surface area (Å²) in [7, 11) is 0. The highest BCUT2D eigenvalue weighted by Gasteiger charge is 2.13. The Balaban J connectivity index is 2.48. The van der Waals surface area contributed by atoms with E-state index in [4.69, 9.17) is 5.41 Å². The van der Waals surface area contributed by atoms with Crippen LogP contribution >= 0.6 is 0 Å². The van der Waals surface area contributed by atoms with Crippen molar-refractivity contribution in [2.75, 3.05) is 0 Å². The zero-order valence-electron chi connectivity index (χ0n) is 13.1. The molecule has 1 N–H and O–H groups in total. The first-order valence-electron chi connectivity index (χ1n) is 7.59. The lowest BCUT2D eigenvalue weighted by atomic mass is 9.90. The van der Waals surface area contributed by atoms with Gasteiger partial charge >= 0.3 is 0 Å². The SMILES string of the molecule is CC/C=C\c1ccccc1C(=N)c1ccccc1C(C)C. The molecule has 0 bridgehead atoms. The van der Waals surface area contributed by atoms with Crippen LogP contribution in [0.1, 0.15) is 55.4 Å². The van der Waals surface area contributed by atoms with Crippen molar-refractivity contribution >= 4 is 11.8 Å². The number of nitrogens with one attached hydrogen (secondary N) is 1. The third-order valence-electron chi connectivity index (χ3n) is 3.62. The Morgan fingerprint density at radius 3 is 2.29 bits per heavy atom. The Morgan fingerprint density at radius 2 is 1.62 bits per heavy atom. The van der Waals surface area contributed by atoms with Crippen molar-refractivity contribution in [1.29, 1.82) is 5.41 Å². The predicted molar refractivity (Wildman–Crippen MR) is 92.2 cm³/mol. The fourth-order valence-corrected chi connectivity index (χ4v) is 2.49. The standard InChI is InChI=1S/C20H23N/c1-4-5-10-16-11-6-7-13-18(16)20(21)19-14-9-8-12-17(19)15(2)3/h5-15,21H,4H2,1-3H3/b10-5-,21-20?. The Kier molecular flexibility index (Phi) is 5.10. The van der Waals surface area contributed by atoms with E-state index in [-0.39, 0.29) is 0 Å². The Labute approximate surface area is 127 Å². The van der Waals surface area contributed by atoms with Crippen molar-refractivity contribution in [2.45, 2.75) is 33.1 Å². The molecular formula is C20H23N. The van der Waals surface area contributed by atoms with Crippen LogP contribution in [0, 0.1) is 5.41 Å². The van der Waals surface area contributed by atoms with Gasteiger partial charge in [-0.05, 0) is 23.5 Å². The molecule has 1 heteroatoms. The second-order valence-corrected chi connectivity index (χ2v) is 5.51. The smallest absolute Gasteiger partial charge is 0.0693 e. The molecule has 2 aromatic rings. The van der Waals surface area contributed by atoms with Crippen molar-refractivity contribution in [3.8, 4) is 0 Å². The van der Waals surface area contributed by atoms with Gasteiger partial charge in [-0.25, -0.2) is 0 Å². The summed E-state index contributed by atoms with van der Waals surface area (Å²) in [5.41, 5.74) is 4.98. The lowest BCUT2D eigenvalue weighted by Gasteiger charge is -2.15. The molecule has 0 radical (unpaired) electrons. The number of rotatable bonds is 5. The minimum atomic E-state index is 0.417. The lowest BCUT2D eigenvalue weighted by Crippen LogP contribution is -2.08. The third kappa shape index (κ3) is 3.49. The number of hydrogen-bond acceptors (Lipinski definition) is 1. The average molecular weight is 277 g/mol. The first kappa shape index (κ1) is 15.2. The molecule has 108 valence electrons. The summed E-state index contributed by atoms with van der Waals surface area (Å²) in [6, 6.07) is 16.4. The van der Waals surface area contributed by atoms with E-state index in [2.05, 4.69) is 57.2 Å². The minimum absolute atomic E-state index is 0.417. The molecule has 0 aliphatic carbocycles. The van der Waals surface area contributed by atoms with E-state index >= 15 is 0 Å². The van der Waals surface area contributed by atoms with Crippen molar-refractivity contribution < 1.29 is 0 Å². The van der Waals surface area contributed by atoms with Gasteiger partial charge < -0.3 is 0 Å². The van der Waals surface area contributed by atoms with E-state index in [0.29, 0.717) is 11.6 Å². The second-order valence-electron chi connectivity index (χ2n) is 5.51. The fourth-order valence-electron chi connectivity index (χ4n) is 2.49. The highest BCUT2D eigenvalue weighted by Crippen LogP contribution is 2.23.